The van der Waals surface area contributed by atoms with Crippen molar-refractivity contribution in [1.82, 2.24) is 0 Å². The summed E-state index contributed by atoms with van der Waals surface area (Å²) in [7, 11) is 1.54. The molecule has 0 bridgehead atoms. The normalized spacial score (nSPS) is 13.3. The minimum absolute atomic E-state index is 0.00413. The van der Waals surface area contributed by atoms with Crippen LogP contribution in [0, 0.1) is 0 Å². The van der Waals surface area contributed by atoms with Crippen LogP contribution < -0.4 is 9.47 Å². The molecule has 0 aliphatic heterocycles. The molecule has 0 amide bonds. The molecule has 2 rings (SSSR count). The van der Waals surface area contributed by atoms with Gasteiger partial charge in [-0.2, -0.15) is 0 Å². The quantitative estimate of drug-likeness (QED) is 0.305. The maximum absolute atomic E-state index is 11.2. The molecule has 182 valence electrons. The maximum atomic E-state index is 11.2. The molecule has 2 aromatic carbocycles. The molecule has 6 nitrogen and oxygen atoms in total. The maximum Gasteiger partial charge on any atom is 0.303 e. The molecular weight excluding hydrogens is 491 g/mol. The van der Waals surface area contributed by atoms with E-state index in [1.165, 1.54) is 14.0 Å². The van der Waals surface area contributed by atoms with Gasteiger partial charge in [0.15, 0.2) is 11.9 Å². The number of esters is 1. The minimum Gasteiger partial charge on any atom is -0.490 e. The van der Waals surface area contributed by atoms with Gasteiger partial charge in [0.2, 0.25) is 0 Å². The average Bonchev–Trinajstić information content (AvgIpc) is 2.76. The van der Waals surface area contributed by atoms with Crippen LogP contribution >= 0.6 is 34.8 Å². The zero-order chi connectivity index (χ0) is 24.6. The van der Waals surface area contributed by atoms with Crippen molar-refractivity contribution in [3.05, 3.63) is 57.6 Å². The molecule has 0 fully saturated rings. The predicted octanol–water partition coefficient (Wildman–Crippen LogP) is 5.25. The molecule has 0 spiro atoms. The number of carbonyl (C=O) groups excluding carboxylic acids is 1. The Morgan fingerprint density at radius 3 is 2.12 bits per heavy atom. The lowest BCUT2D eigenvalue weighted by molar-refractivity contribution is -0.150. The zero-order valence-electron chi connectivity index (χ0n) is 19.1. The molecule has 0 saturated heterocycles. The fourth-order valence-electron chi connectivity index (χ4n) is 3.14. The van der Waals surface area contributed by atoms with Crippen LogP contribution in [0.4, 0.5) is 0 Å². The molecular formula is C24H29Cl3O6. The summed E-state index contributed by atoms with van der Waals surface area (Å²) in [6, 6.07) is 11.2. The van der Waals surface area contributed by atoms with E-state index in [4.69, 9.17) is 53.8 Å². The van der Waals surface area contributed by atoms with Crippen molar-refractivity contribution < 1.29 is 28.8 Å². The molecule has 0 aliphatic rings. The van der Waals surface area contributed by atoms with Gasteiger partial charge in [0.05, 0.1) is 22.5 Å². The summed E-state index contributed by atoms with van der Waals surface area (Å²) in [6.45, 7) is 5.88. The molecule has 0 saturated carbocycles. The van der Waals surface area contributed by atoms with E-state index in [1.54, 1.807) is 12.1 Å². The van der Waals surface area contributed by atoms with Crippen LogP contribution in [0.2, 0.25) is 10.0 Å². The fraction of sp³-hybridized carbons (Fsp3) is 0.458. The van der Waals surface area contributed by atoms with Crippen molar-refractivity contribution in [3.8, 4) is 11.5 Å². The van der Waals surface area contributed by atoms with E-state index in [-0.39, 0.29) is 31.7 Å². The molecule has 0 heterocycles. The van der Waals surface area contributed by atoms with E-state index in [2.05, 4.69) is 13.8 Å². The highest BCUT2D eigenvalue weighted by atomic mass is 35.5. The summed E-state index contributed by atoms with van der Waals surface area (Å²) >= 11 is 18.4. The third kappa shape index (κ3) is 7.94. The number of hydrogen-bond acceptors (Lipinski definition) is 6. The van der Waals surface area contributed by atoms with Gasteiger partial charge in [0.1, 0.15) is 25.1 Å². The smallest absolute Gasteiger partial charge is 0.303 e. The first-order chi connectivity index (χ1) is 15.6. The van der Waals surface area contributed by atoms with Gasteiger partial charge in [-0.05, 0) is 35.4 Å². The second-order valence-electron chi connectivity index (χ2n) is 8.04. The van der Waals surface area contributed by atoms with E-state index >= 15 is 0 Å². The molecule has 2 aromatic rings. The number of methoxy groups -OCH3 is 1. The van der Waals surface area contributed by atoms with Crippen molar-refractivity contribution in [2.24, 2.45) is 0 Å². The lowest BCUT2D eigenvalue weighted by Gasteiger charge is -2.27. The molecule has 0 unspecified atom stereocenters. The molecule has 0 radical (unpaired) electrons. The number of ether oxygens (including phenoxy) is 4. The Balaban J connectivity index is 2.14. The fourth-order valence-corrected chi connectivity index (χ4v) is 3.83. The number of rotatable bonds is 12. The summed E-state index contributed by atoms with van der Waals surface area (Å²) in [5.74, 6) is 0.614. The third-order valence-corrected chi connectivity index (χ3v) is 5.93. The van der Waals surface area contributed by atoms with Gasteiger partial charge in [0.25, 0.3) is 0 Å². The van der Waals surface area contributed by atoms with Crippen LogP contribution in [0.1, 0.15) is 31.9 Å². The Morgan fingerprint density at radius 1 is 1.00 bits per heavy atom. The first kappa shape index (κ1) is 27.5. The minimum atomic E-state index is -0.811. The van der Waals surface area contributed by atoms with E-state index in [9.17, 15) is 9.90 Å². The van der Waals surface area contributed by atoms with Gasteiger partial charge in [-0.1, -0.05) is 49.2 Å². The van der Waals surface area contributed by atoms with Gasteiger partial charge in [-0.15, -0.1) is 11.6 Å². The summed E-state index contributed by atoms with van der Waals surface area (Å²) in [5, 5.41) is 10.3. The summed E-state index contributed by atoms with van der Waals surface area (Å²) in [4.78, 5) is 11.2. The van der Waals surface area contributed by atoms with Crippen LogP contribution in [0.3, 0.4) is 0 Å². The predicted molar refractivity (Wildman–Crippen MR) is 130 cm³/mol. The molecule has 0 aromatic heterocycles. The third-order valence-electron chi connectivity index (χ3n) is 5.02. The highest BCUT2D eigenvalue weighted by Crippen LogP contribution is 2.40. The summed E-state index contributed by atoms with van der Waals surface area (Å²) in [6.07, 6.45) is -1.30. The van der Waals surface area contributed by atoms with Gasteiger partial charge < -0.3 is 24.1 Å². The number of aliphatic hydroxyl groups excluding tert-OH is 1. The Morgan fingerprint density at radius 2 is 1.61 bits per heavy atom. The SMILES string of the molecule is COC[C@@H](COc1ccc(C(C)(C)c2cc(Cl)c(OC[C@@H](O)CCl)c(Cl)c2)cc1)OC(C)=O. The van der Waals surface area contributed by atoms with Crippen LogP contribution in [0.15, 0.2) is 36.4 Å². The highest BCUT2D eigenvalue weighted by molar-refractivity contribution is 6.37. The van der Waals surface area contributed by atoms with Crippen molar-refractivity contribution in [1.29, 1.82) is 0 Å². The number of hydrogen-bond donors (Lipinski definition) is 1. The number of aliphatic hydroxyl groups is 1. The van der Waals surface area contributed by atoms with Gasteiger partial charge in [-0.25, -0.2) is 0 Å². The second kappa shape index (κ2) is 12.7. The monoisotopic (exact) mass is 518 g/mol. The number of alkyl halides is 1. The van der Waals surface area contributed by atoms with Crippen LogP contribution in [0.25, 0.3) is 0 Å². The Hall–Kier alpha value is -1.70. The lowest BCUT2D eigenvalue weighted by Crippen LogP contribution is -2.28. The van der Waals surface area contributed by atoms with E-state index < -0.39 is 17.6 Å². The number of halogens is 3. The van der Waals surface area contributed by atoms with E-state index in [1.807, 2.05) is 24.3 Å². The van der Waals surface area contributed by atoms with Crippen molar-refractivity contribution >= 4 is 40.8 Å². The van der Waals surface area contributed by atoms with E-state index in [0.717, 1.165) is 11.1 Å². The van der Waals surface area contributed by atoms with Crippen LogP contribution in [0.5, 0.6) is 11.5 Å². The Labute approximate surface area is 209 Å². The Bertz CT molecular complexity index is 894. The largest absolute Gasteiger partial charge is 0.490 e. The topological polar surface area (TPSA) is 74.2 Å². The molecule has 0 aliphatic carbocycles. The second-order valence-corrected chi connectivity index (χ2v) is 9.16. The van der Waals surface area contributed by atoms with Gasteiger partial charge >= 0.3 is 5.97 Å². The van der Waals surface area contributed by atoms with Crippen molar-refractivity contribution in [2.75, 3.05) is 32.8 Å². The summed E-state index contributed by atoms with van der Waals surface area (Å²) in [5.41, 5.74) is 1.49. The summed E-state index contributed by atoms with van der Waals surface area (Å²) < 4.78 is 21.5. The van der Waals surface area contributed by atoms with Gasteiger partial charge in [-0.3, -0.25) is 4.79 Å². The first-order valence-electron chi connectivity index (χ1n) is 10.3. The lowest BCUT2D eigenvalue weighted by atomic mass is 9.78. The highest BCUT2D eigenvalue weighted by Gasteiger charge is 2.26. The molecule has 1 N–H and O–H groups in total. The number of carbonyl (C=O) groups is 1. The van der Waals surface area contributed by atoms with Crippen LogP contribution in [-0.4, -0.2) is 56.1 Å². The van der Waals surface area contributed by atoms with Crippen molar-refractivity contribution in [2.45, 2.75) is 38.4 Å². The van der Waals surface area contributed by atoms with Crippen LogP contribution in [-0.2, 0) is 19.7 Å². The van der Waals surface area contributed by atoms with Gasteiger partial charge in [0, 0.05) is 19.4 Å². The standard InChI is InChI=1S/C24H29Cl3O6/c1-15(28)33-20(13-30-4)14-31-19-7-5-16(6-8-19)24(2,3)17-9-21(26)23(22(27)10-17)32-12-18(29)11-25/h5-10,18,20,29H,11-14H2,1-4H3/t18-,20-/m0/s1. The molecule has 33 heavy (non-hydrogen) atoms. The zero-order valence-corrected chi connectivity index (χ0v) is 21.3. The Kier molecular flexibility index (Phi) is 10.6. The van der Waals surface area contributed by atoms with E-state index in [0.29, 0.717) is 21.5 Å². The van der Waals surface area contributed by atoms with Crippen molar-refractivity contribution in [3.63, 3.8) is 0 Å². The molecule has 2 atom stereocenters. The molecule has 9 heteroatoms. The first-order valence-corrected chi connectivity index (χ1v) is 11.6. The number of benzene rings is 2. The average molecular weight is 520 g/mol.